The average Bonchev–Trinajstić information content (AvgIpc) is 2.40. The molecule has 0 bridgehead atoms. The first-order valence-electron chi connectivity index (χ1n) is 6.22. The summed E-state index contributed by atoms with van der Waals surface area (Å²) in [5, 5.41) is 3.44. The zero-order valence-electron chi connectivity index (χ0n) is 10.9. The summed E-state index contributed by atoms with van der Waals surface area (Å²) >= 11 is 5.80. The Morgan fingerprint density at radius 2 is 1.85 bits per heavy atom. The molecule has 0 aliphatic heterocycles. The van der Waals surface area contributed by atoms with Crippen LogP contribution in [0.5, 0.6) is 11.5 Å². The van der Waals surface area contributed by atoms with Gasteiger partial charge < -0.3 is 10.1 Å². The SMILES string of the molecule is CCNCc1cc(F)c(Oc2cccc(Cl)c2)c(F)c1. The predicted octanol–water partition coefficient (Wildman–Crippen LogP) is 4.52. The lowest BCUT2D eigenvalue weighted by Crippen LogP contribution is -2.12. The molecule has 0 aromatic heterocycles. The van der Waals surface area contributed by atoms with E-state index in [9.17, 15) is 8.78 Å². The Hall–Kier alpha value is -1.65. The van der Waals surface area contributed by atoms with Gasteiger partial charge in [0, 0.05) is 11.6 Å². The lowest BCUT2D eigenvalue weighted by molar-refractivity contribution is 0.406. The molecule has 0 fully saturated rings. The van der Waals surface area contributed by atoms with Crippen molar-refractivity contribution in [3.05, 3.63) is 58.6 Å². The van der Waals surface area contributed by atoms with Crippen LogP contribution in [0.25, 0.3) is 0 Å². The maximum Gasteiger partial charge on any atom is 0.198 e. The zero-order valence-corrected chi connectivity index (χ0v) is 11.7. The fourth-order valence-electron chi connectivity index (χ4n) is 1.73. The third kappa shape index (κ3) is 3.68. The molecule has 0 saturated heterocycles. The van der Waals surface area contributed by atoms with Crippen LogP contribution < -0.4 is 10.1 Å². The maximum absolute atomic E-state index is 13.9. The van der Waals surface area contributed by atoms with Gasteiger partial charge in [-0.2, -0.15) is 0 Å². The van der Waals surface area contributed by atoms with Gasteiger partial charge in [0.05, 0.1) is 0 Å². The predicted molar refractivity (Wildman–Crippen MR) is 75.3 cm³/mol. The Morgan fingerprint density at radius 1 is 1.15 bits per heavy atom. The van der Waals surface area contributed by atoms with Gasteiger partial charge in [-0.25, -0.2) is 8.78 Å². The molecule has 0 atom stereocenters. The van der Waals surface area contributed by atoms with Crippen LogP contribution in [-0.4, -0.2) is 6.54 Å². The van der Waals surface area contributed by atoms with Gasteiger partial charge in [-0.1, -0.05) is 24.6 Å². The second-order valence-electron chi connectivity index (χ2n) is 4.23. The number of nitrogens with one attached hydrogen (secondary N) is 1. The molecule has 0 aliphatic rings. The van der Waals surface area contributed by atoms with Crippen molar-refractivity contribution in [2.24, 2.45) is 0 Å². The van der Waals surface area contributed by atoms with Crippen molar-refractivity contribution < 1.29 is 13.5 Å². The van der Waals surface area contributed by atoms with Gasteiger partial charge in [-0.15, -0.1) is 0 Å². The lowest BCUT2D eigenvalue weighted by atomic mass is 10.2. The molecule has 0 spiro atoms. The molecule has 2 aromatic rings. The summed E-state index contributed by atoms with van der Waals surface area (Å²) in [6, 6.07) is 8.88. The second kappa shape index (κ2) is 6.68. The van der Waals surface area contributed by atoms with Crippen molar-refractivity contribution >= 4 is 11.6 Å². The molecule has 1 N–H and O–H groups in total. The van der Waals surface area contributed by atoms with Crippen molar-refractivity contribution in [2.75, 3.05) is 6.54 Å². The minimum absolute atomic E-state index is 0.287. The van der Waals surface area contributed by atoms with Crippen LogP contribution in [0.4, 0.5) is 8.78 Å². The van der Waals surface area contributed by atoms with Gasteiger partial charge in [-0.3, -0.25) is 0 Å². The lowest BCUT2D eigenvalue weighted by Gasteiger charge is -2.10. The van der Waals surface area contributed by atoms with Crippen LogP contribution in [0.15, 0.2) is 36.4 Å². The van der Waals surface area contributed by atoms with Crippen LogP contribution in [-0.2, 0) is 6.54 Å². The largest absolute Gasteiger partial charge is 0.451 e. The first-order chi connectivity index (χ1) is 9.60. The highest BCUT2D eigenvalue weighted by molar-refractivity contribution is 6.30. The molecule has 2 aromatic carbocycles. The van der Waals surface area contributed by atoms with Gasteiger partial charge >= 0.3 is 0 Å². The second-order valence-corrected chi connectivity index (χ2v) is 4.66. The van der Waals surface area contributed by atoms with E-state index in [0.29, 0.717) is 17.1 Å². The smallest absolute Gasteiger partial charge is 0.198 e. The van der Waals surface area contributed by atoms with Crippen molar-refractivity contribution in [3.8, 4) is 11.5 Å². The fourth-order valence-corrected chi connectivity index (χ4v) is 1.91. The van der Waals surface area contributed by atoms with Crippen LogP contribution in [0.3, 0.4) is 0 Å². The molecule has 0 unspecified atom stereocenters. The Labute approximate surface area is 121 Å². The number of benzene rings is 2. The molecule has 0 radical (unpaired) electrons. The van der Waals surface area contributed by atoms with E-state index >= 15 is 0 Å². The first-order valence-corrected chi connectivity index (χ1v) is 6.60. The van der Waals surface area contributed by atoms with E-state index in [4.69, 9.17) is 16.3 Å². The molecule has 5 heteroatoms. The monoisotopic (exact) mass is 297 g/mol. The van der Waals surface area contributed by atoms with E-state index in [1.54, 1.807) is 18.2 Å². The summed E-state index contributed by atoms with van der Waals surface area (Å²) in [5.41, 5.74) is 0.528. The Balaban J connectivity index is 2.24. The van der Waals surface area contributed by atoms with Crippen molar-refractivity contribution in [2.45, 2.75) is 13.5 Å². The fraction of sp³-hybridized carbons (Fsp3) is 0.200. The summed E-state index contributed by atoms with van der Waals surface area (Å²) in [5.74, 6) is -1.61. The van der Waals surface area contributed by atoms with Gasteiger partial charge in [0.25, 0.3) is 0 Å². The molecule has 0 saturated carbocycles. The third-order valence-corrected chi connectivity index (χ3v) is 2.89. The molecule has 0 heterocycles. The average molecular weight is 298 g/mol. The Bertz CT molecular complexity index is 581. The number of rotatable bonds is 5. The summed E-state index contributed by atoms with van der Waals surface area (Å²) in [7, 11) is 0. The molecule has 0 aliphatic carbocycles. The number of hydrogen-bond donors (Lipinski definition) is 1. The number of hydrogen-bond acceptors (Lipinski definition) is 2. The molecular formula is C15H14ClF2NO. The zero-order chi connectivity index (χ0) is 14.5. The van der Waals surface area contributed by atoms with E-state index in [1.807, 2.05) is 6.92 Å². The third-order valence-electron chi connectivity index (χ3n) is 2.65. The van der Waals surface area contributed by atoms with Crippen molar-refractivity contribution in [1.82, 2.24) is 5.32 Å². The van der Waals surface area contributed by atoms with Crippen LogP contribution in [0, 0.1) is 11.6 Å². The maximum atomic E-state index is 13.9. The summed E-state index contributed by atoms with van der Waals surface area (Å²) in [6.07, 6.45) is 0. The highest BCUT2D eigenvalue weighted by Gasteiger charge is 2.13. The molecule has 0 amide bonds. The Kier molecular flexibility index (Phi) is 4.93. The molecule has 20 heavy (non-hydrogen) atoms. The summed E-state index contributed by atoms with van der Waals surface area (Å²) in [6.45, 7) is 3.05. The van der Waals surface area contributed by atoms with Gasteiger partial charge in [-0.05, 0) is 42.4 Å². The highest BCUT2D eigenvalue weighted by atomic mass is 35.5. The number of halogens is 3. The van der Waals surface area contributed by atoms with E-state index in [-0.39, 0.29) is 5.75 Å². The standard InChI is InChI=1S/C15H14ClF2NO/c1-2-19-9-10-6-13(17)15(14(18)7-10)20-12-5-3-4-11(16)8-12/h3-8,19H,2,9H2,1H3. The topological polar surface area (TPSA) is 21.3 Å². The normalized spacial score (nSPS) is 10.6. The van der Waals surface area contributed by atoms with E-state index in [2.05, 4.69) is 5.32 Å². The Morgan fingerprint density at radius 3 is 2.45 bits per heavy atom. The van der Waals surface area contributed by atoms with Crippen LogP contribution in [0.1, 0.15) is 12.5 Å². The summed E-state index contributed by atoms with van der Waals surface area (Å²) in [4.78, 5) is 0. The van der Waals surface area contributed by atoms with Gasteiger partial charge in [0.1, 0.15) is 5.75 Å². The van der Waals surface area contributed by atoms with E-state index in [0.717, 1.165) is 6.54 Å². The first kappa shape index (κ1) is 14.8. The van der Waals surface area contributed by atoms with Crippen LogP contribution >= 0.6 is 11.6 Å². The van der Waals surface area contributed by atoms with Gasteiger partial charge in [0.2, 0.25) is 0 Å². The quantitative estimate of drug-likeness (QED) is 0.876. The van der Waals surface area contributed by atoms with Gasteiger partial charge in [0.15, 0.2) is 17.4 Å². The molecule has 2 rings (SSSR count). The van der Waals surface area contributed by atoms with Crippen molar-refractivity contribution in [3.63, 3.8) is 0 Å². The minimum atomic E-state index is -0.738. The highest BCUT2D eigenvalue weighted by Crippen LogP contribution is 2.29. The van der Waals surface area contributed by atoms with Crippen LogP contribution in [0.2, 0.25) is 5.02 Å². The van der Waals surface area contributed by atoms with E-state index in [1.165, 1.54) is 18.2 Å². The summed E-state index contributed by atoms with van der Waals surface area (Å²) < 4.78 is 33.0. The molecule has 2 nitrogen and oxygen atoms in total. The number of ether oxygens (including phenoxy) is 1. The van der Waals surface area contributed by atoms with E-state index < -0.39 is 17.4 Å². The molecular weight excluding hydrogens is 284 g/mol. The molecule has 106 valence electrons. The van der Waals surface area contributed by atoms with Crippen molar-refractivity contribution in [1.29, 1.82) is 0 Å². The minimum Gasteiger partial charge on any atom is -0.451 e.